The van der Waals surface area contributed by atoms with E-state index in [-0.39, 0.29) is 6.29 Å². The van der Waals surface area contributed by atoms with Gasteiger partial charge >= 0.3 is 0 Å². The minimum atomic E-state index is -0.339. The number of benzene rings is 1. The van der Waals surface area contributed by atoms with Gasteiger partial charge in [-0.25, -0.2) is 0 Å². The average Bonchev–Trinajstić information content (AvgIpc) is 2.75. The minimum Gasteiger partial charge on any atom is -0.497 e. The number of nitrogens with one attached hydrogen (secondary N) is 1. The van der Waals surface area contributed by atoms with Crippen molar-refractivity contribution in [1.82, 2.24) is 0 Å². The number of hydrogen-bond donors (Lipinski definition) is 2. The first kappa shape index (κ1) is 12.2. The quantitative estimate of drug-likeness (QED) is 0.884. The lowest BCUT2D eigenvalue weighted by Gasteiger charge is -2.14. The van der Waals surface area contributed by atoms with Crippen molar-refractivity contribution in [2.45, 2.75) is 13.2 Å². The highest BCUT2D eigenvalue weighted by Gasteiger charge is 2.19. The number of ether oxygens (including phenoxy) is 1. The van der Waals surface area contributed by atoms with Gasteiger partial charge in [-0.05, 0) is 42.3 Å². The highest BCUT2D eigenvalue weighted by Crippen LogP contribution is 2.40. The number of thiophene rings is 1. The molecular weight excluding hydrogens is 258 g/mol. The van der Waals surface area contributed by atoms with Crippen LogP contribution >= 0.6 is 11.3 Å². The first-order chi connectivity index (χ1) is 9.19. The molecular formula is C14H15N3OS. The van der Waals surface area contributed by atoms with Crippen LogP contribution in [-0.2, 0) is 0 Å². The van der Waals surface area contributed by atoms with Crippen LogP contribution in [0, 0.1) is 6.92 Å². The molecule has 1 aromatic heterocycles. The molecule has 1 atom stereocenters. The summed E-state index contributed by atoms with van der Waals surface area (Å²) < 4.78 is 5.18. The van der Waals surface area contributed by atoms with Gasteiger partial charge < -0.3 is 10.1 Å². The molecule has 19 heavy (non-hydrogen) atoms. The first-order valence-corrected chi connectivity index (χ1v) is 6.84. The fourth-order valence-electron chi connectivity index (χ4n) is 2.13. The van der Waals surface area contributed by atoms with E-state index in [0.717, 1.165) is 16.3 Å². The molecule has 0 fully saturated rings. The number of anilines is 1. The van der Waals surface area contributed by atoms with Gasteiger partial charge in [-0.15, -0.1) is 11.3 Å². The molecule has 4 nitrogen and oxygen atoms in total. The highest BCUT2D eigenvalue weighted by atomic mass is 32.1. The Labute approximate surface area is 115 Å². The molecule has 0 spiro atoms. The molecule has 0 amide bonds. The summed E-state index contributed by atoms with van der Waals surface area (Å²) in [6, 6.07) is 8.09. The standard InChI is InChI=1S/C14H15N3OS/c1-8-11-7-16-14(15)17-13(11)19-12(8)9-3-5-10(18-2)6-4-9/h3-7,14,17H,15H2,1-2H3. The summed E-state index contributed by atoms with van der Waals surface area (Å²) in [4.78, 5) is 5.43. The maximum atomic E-state index is 5.77. The molecule has 2 heterocycles. The third kappa shape index (κ3) is 2.11. The van der Waals surface area contributed by atoms with Crippen LogP contribution in [0.15, 0.2) is 29.3 Å². The predicted octanol–water partition coefficient (Wildman–Crippen LogP) is 2.82. The van der Waals surface area contributed by atoms with Gasteiger partial charge in [0.1, 0.15) is 10.8 Å². The molecule has 2 aromatic rings. The Hall–Kier alpha value is -1.85. The zero-order valence-electron chi connectivity index (χ0n) is 10.8. The Balaban J connectivity index is 2.04. The molecule has 0 aliphatic carbocycles. The summed E-state index contributed by atoms with van der Waals surface area (Å²) in [5.41, 5.74) is 9.32. The topological polar surface area (TPSA) is 59.6 Å². The summed E-state index contributed by atoms with van der Waals surface area (Å²) in [5.74, 6) is 0.865. The number of nitrogens with two attached hydrogens (primary N) is 1. The monoisotopic (exact) mass is 273 g/mol. The largest absolute Gasteiger partial charge is 0.497 e. The lowest BCUT2D eigenvalue weighted by atomic mass is 10.1. The van der Waals surface area contributed by atoms with E-state index in [1.807, 2.05) is 18.3 Å². The summed E-state index contributed by atoms with van der Waals surface area (Å²) in [5, 5.41) is 4.28. The van der Waals surface area contributed by atoms with Crippen LogP contribution < -0.4 is 15.8 Å². The molecule has 3 rings (SSSR count). The molecule has 98 valence electrons. The van der Waals surface area contributed by atoms with Gasteiger partial charge in [0.15, 0.2) is 6.29 Å². The van der Waals surface area contributed by atoms with Crippen LogP contribution in [0.2, 0.25) is 0 Å². The van der Waals surface area contributed by atoms with Crippen molar-refractivity contribution in [3.63, 3.8) is 0 Å². The zero-order chi connectivity index (χ0) is 13.4. The molecule has 0 saturated heterocycles. The van der Waals surface area contributed by atoms with Crippen molar-refractivity contribution >= 4 is 22.6 Å². The molecule has 3 N–H and O–H groups in total. The molecule has 0 saturated carbocycles. The van der Waals surface area contributed by atoms with Crippen LogP contribution in [0.25, 0.3) is 10.4 Å². The van der Waals surface area contributed by atoms with Gasteiger partial charge in [0.2, 0.25) is 0 Å². The Kier molecular flexibility index (Phi) is 3.00. The number of fused-ring (bicyclic) bond motifs is 1. The predicted molar refractivity (Wildman–Crippen MR) is 80.2 cm³/mol. The summed E-state index contributed by atoms with van der Waals surface area (Å²) >= 11 is 1.71. The van der Waals surface area contributed by atoms with Gasteiger partial charge in [0.25, 0.3) is 0 Å². The fourth-order valence-corrected chi connectivity index (χ4v) is 3.35. The van der Waals surface area contributed by atoms with Crippen LogP contribution in [-0.4, -0.2) is 19.6 Å². The van der Waals surface area contributed by atoms with Crippen LogP contribution in [0.5, 0.6) is 5.75 Å². The molecule has 1 aromatic carbocycles. The van der Waals surface area contributed by atoms with Crippen LogP contribution in [0.3, 0.4) is 0 Å². The van der Waals surface area contributed by atoms with Gasteiger partial charge in [-0.3, -0.25) is 10.7 Å². The SMILES string of the molecule is COc1ccc(-c2sc3c(c2C)C=NC(N)N3)cc1. The molecule has 1 aliphatic heterocycles. The number of rotatable bonds is 2. The van der Waals surface area contributed by atoms with Crippen LogP contribution in [0.1, 0.15) is 11.1 Å². The third-order valence-corrected chi connectivity index (χ3v) is 4.48. The van der Waals surface area contributed by atoms with Crippen molar-refractivity contribution in [1.29, 1.82) is 0 Å². The second-order valence-corrected chi connectivity index (χ2v) is 5.42. The molecule has 0 radical (unpaired) electrons. The van der Waals surface area contributed by atoms with E-state index < -0.39 is 0 Å². The van der Waals surface area contributed by atoms with E-state index in [0.29, 0.717) is 0 Å². The van der Waals surface area contributed by atoms with E-state index in [1.54, 1.807) is 18.4 Å². The highest BCUT2D eigenvalue weighted by molar-refractivity contribution is 7.20. The first-order valence-electron chi connectivity index (χ1n) is 6.02. The maximum Gasteiger partial charge on any atom is 0.171 e. The average molecular weight is 273 g/mol. The molecule has 0 bridgehead atoms. The number of nitrogens with zero attached hydrogens (tertiary/aromatic N) is 1. The zero-order valence-corrected chi connectivity index (χ0v) is 11.6. The van der Waals surface area contributed by atoms with Gasteiger partial charge in [0.05, 0.1) is 7.11 Å². The van der Waals surface area contributed by atoms with Crippen LogP contribution in [0.4, 0.5) is 5.00 Å². The smallest absolute Gasteiger partial charge is 0.171 e. The fraction of sp³-hybridized carbons (Fsp3) is 0.214. The van der Waals surface area contributed by atoms with Crippen molar-refractivity contribution in [2.24, 2.45) is 10.7 Å². The Morgan fingerprint density at radius 3 is 2.74 bits per heavy atom. The second-order valence-electron chi connectivity index (χ2n) is 4.39. The Morgan fingerprint density at radius 1 is 1.32 bits per heavy atom. The Morgan fingerprint density at radius 2 is 2.05 bits per heavy atom. The lowest BCUT2D eigenvalue weighted by Crippen LogP contribution is -2.29. The van der Waals surface area contributed by atoms with E-state index in [4.69, 9.17) is 10.5 Å². The molecule has 1 unspecified atom stereocenters. The Bertz CT molecular complexity index is 631. The number of aliphatic imine (C=N–C) groups is 1. The number of hydrogen-bond acceptors (Lipinski definition) is 5. The van der Waals surface area contributed by atoms with Crippen molar-refractivity contribution in [3.05, 3.63) is 35.4 Å². The van der Waals surface area contributed by atoms with E-state index in [2.05, 4.69) is 29.4 Å². The van der Waals surface area contributed by atoms with Gasteiger partial charge in [-0.1, -0.05) is 0 Å². The van der Waals surface area contributed by atoms with E-state index in [1.165, 1.54) is 16.0 Å². The normalized spacial score (nSPS) is 16.9. The van der Waals surface area contributed by atoms with E-state index in [9.17, 15) is 0 Å². The second kappa shape index (κ2) is 4.68. The number of methoxy groups -OCH3 is 1. The third-order valence-electron chi connectivity index (χ3n) is 3.19. The van der Waals surface area contributed by atoms with Gasteiger partial charge in [0, 0.05) is 16.7 Å². The summed E-state index contributed by atoms with van der Waals surface area (Å²) in [6.07, 6.45) is 1.52. The summed E-state index contributed by atoms with van der Waals surface area (Å²) in [7, 11) is 1.67. The summed E-state index contributed by atoms with van der Waals surface area (Å²) in [6.45, 7) is 2.11. The van der Waals surface area contributed by atoms with Crippen molar-refractivity contribution < 1.29 is 4.74 Å². The minimum absolute atomic E-state index is 0.339. The maximum absolute atomic E-state index is 5.77. The molecule has 1 aliphatic rings. The van der Waals surface area contributed by atoms with E-state index >= 15 is 0 Å². The van der Waals surface area contributed by atoms with Crippen molar-refractivity contribution in [3.8, 4) is 16.2 Å². The van der Waals surface area contributed by atoms with Crippen molar-refractivity contribution in [2.75, 3.05) is 12.4 Å². The molecule has 5 heteroatoms. The van der Waals surface area contributed by atoms with Gasteiger partial charge in [-0.2, -0.15) is 0 Å². The lowest BCUT2D eigenvalue weighted by molar-refractivity contribution is 0.415.